The summed E-state index contributed by atoms with van der Waals surface area (Å²) < 4.78 is 6.37. The van der Waals surface area contributed by atoms with Crippen LogP contribution in [0.1, 0.15) is 71.1 Å². The maximum atomic E-state index is 6.37. The summed E-state index contributed by atoms with van der Waals surface area (Å²) in [6.07, 6.45) is 12.9. The van der Waals surface area contributed by atoms with Gasteiger partial charge in [0.15, 0.2) is 0 Å². The molecule has 24 heavy (non-hydrogen) atoms. The maximum absolute atomic E-state index is 6.37. The molecule has 0 saturated heterocycles. The van der Waals surface area contributed by atoms with Gasteiger partial charge in [-0.1, -0.05) is 88.8 Å². The van der Waals surface area contributed by atoms with Gasteiger partial charge in [0.05, 0.1) is 6.10 Å². The van der Waals surface area contributed by atoms with E-state index >= 15 is 0 Å². The van der Waals surface area contributed by atoms with E-state index in [1.54, 1.807) is 0 Å². The van der Waals surface area contributed by atoms with Crippen LogP contribution >= 0.6 is 0 Å². The summed E-state index contributed by atoms with van der Waals surface area (Å²) in [5.74, 6) is 1.02. The molecule has 0 heterocycles. The first kappa shape index (κ1) is 18.8. The maximum Gasteiger partial charge on any atom is 0.127 e. The van der Waals surface area contributed by atoms with Crippen molar-refractivity contribution in [2.45, 2.75) is 77.2 Å². The van der Waals surface area contributed by atoms with Gasteiger partial charge in [0, 0.05) is 5.39 Å². The highest BCUT2D eigenvalue weighted by Crippen LogP contribution is 2.28. The first-order valence-electron chi connectivity index (χ1n) is 9.78. The van der Waals surface area contributed by atoms with Gasteiger partial charge in [-0.05, 0) is 37.1 Å². The van der Waals surface area contributed by atoms with E-state index in [9.17, 15) is 0 Å². The Kier molecular flexibility index (Phi) is 8.73. The fraction of sp³-hybridized carbons (Fsp3) is 0.522. The fourth-order valence-corrected chi connectivity index (χ4v) is 3.30. The molecule has 0 aliphatic rings. The molecule has 2 rings (SSSR count). The molecular formula is C23H33O. The van der Waals surface area contributed by atoms with Crippen LogP contribution in [0.4, 0.5) is 0 Å². The Morgan fingerprint density at radius 3 is 2.33 bits per heavy atom. The van der Waals surface area contributed by atoms with E-state index in [0.717, 1.165) is 25.0 Å². The van der Waals surface area contributed by atoms with Gasteiger partial charge in [-0.25, -0.2) is 0 Å². The van der Waals surface area contributed by atoms with Crippen LogP contribution in [0.3, 0.4) is 0 Å². The third-order valence-corrected chi connectivity index (χ3v) is 4.70. The molecule has 0 saturated carbocycles. The van der Waals surface area contributed by atoms with E-state index < -0.39 is 0 Å². The smallest absolute Gasteiger partial charge is 0.127 e. The zero-order valence-electron chi connectivity index (χ0n) is 15.3. The summed E-state index contributed by atoms with van der Waals surface area (Å²) in [5.41, 5.74) is 0. The fourth-order valence-electron chi connectivity index (χ4n) is 3.30. The Hall–Kier alpha value is -1.50. The molecular weight excluding hydrogens is 292 g/mol. The monoisotopic (exact) mass is 325 g/mol. The normalized spacial score (nSPS) is 12.4. The molecule has 0 amide bonds. The van der Waals surface area contributed by atoms with Crippen LogP contribution in [0.15, 0.2) is 42.5 Å². The van der Waals surface area contributed by atoms with E-state index in [-0.39, 0.29) is 0 Å². The summed E-state index contributed by atoms with van der Waals surface area (Å²) in [6, 6.07) is 14.8. The quantitative estimate of drug-likeness (QED) is 0.371. The predicted octanol–water partition coefficient (Wildman–Crippen LogP) is 7.34. The Morgan fingerprint density at radius 1 is 0.833 bits per heavy atom. The molecule has 0 bridgehead atoms. The van der Waals surface area contributed by atoms with Crippen molar-refractivity contribution in [3.8, 4) is 5.75 Å². The second-order valence-corrected chi connectivity index (χ2v) is 6.77. The molecule has 2 aromatic carbocycles. The minimum absolute atomic E-state index is 0.295. The van der Waals surface area contributed by atoms with E-state index in [0.29, 0.717) is 6.10 Å². The molecule has 0 aliphatic carbocycles. The minimum Gasteiger partial charge on any atom is -0.490 e. The number of unbranched alkanes of at least 4 members (excludes halogenated alkanes) is 6. The minimum atomic E-state index is 0.295. The van der Waals surface area contributed by atoms with Gasteiger partial charge in [0.1, 0.15) is 5.75 Å². The van der Waals surface area contributed by atoms with Gasteiger partial charge in [-0.15, -0.1) is 0 Å². The number of hydrogen-bond acceptors (Lipinski definition) is 1. The van der Waals surface area contributed by atoms with Gasteiger partial charge < -0.3 is 4.74 Å². The zero-order chi connectivity index (χ0) is 17.0. The van der Waals surface area contributed by atoms with E-state index in [1.807, 2.05) is 0 Å². The molecule has 2 aromatic rings. The molecule has 1 atom stereocenters. The number of ether oxygens (including phenoxy) is 1. The first-order valence-corrected chi connectivity index (χ1v) is 9.78. The molecule has 1 heteroatoms. The largest absolute Gasteiger partial charge is 0.490 e. The second kappa shape index (κ2) is 11.1. The van der Waals surface area contributed by atoms with E-state index in [2.05, 4.69) is 56.3 Å². The Balaban J connectivity index is 1.84. The number of hydrogen-bond donors (Lipinski definition) is 0. The third-order valence-electron chi connectivity index (χ3n) is 4.70. The summed E-state index contributed by atoms with van der Waals surface area (Å²) in [6.45, 7) is 6.30. The number of benzene rings is 2. The number of rotatable bonds is 12. The van der Waals surface area contributed by atoms with E-state index in [1.165, 1.54) is 55.7 Å². The van der Waals surface area contributed by atoms with Gasteiger partial charge in [0.2, 0.25) is 0 Å². The second-order valence-electron chi connectivity index (χ2n) is 6.77. The highest BCUT2D eigenvalue weighted by molar-refractivity contribution is 5.88. The van der Waals surface area contributed by atoms with Gasteiger partial charge in [-0.2, -0.15) is 0 Å². The van der Waals surface area contributed by atoms with Crippen molar-refractivity contribution >= 4 is 10.8 Å². The summed E-state index contributed by atoms with van der Waals surface area (Å²) >= 11 is 0. The van der Waals surface area contributed by atoms with Crippen molar-refractivity contribution in [1.82, 2.24) is 0 Å². The van der Waals surface area contributed by atoms with Crippen LogP contribution in [0.5, 0.6) is 5.75 Å². The average molecular weight is 326 g/mol. The molecule has 1 radical (unpaired) electrons. The molecule has 131 valence electrons. The SMILES string of the molecule is [CH2]CCC(CCCCCCCCC)Oc1cccc2ccccc12. The lowest BCUT2D eigenvalue weighted by Gasteiger charge is -2.20. The van der Waals surface area contributed by atoms with Crippen LogP contribution in [0.25, 0.3) is 10.8 Å². The van der Waals surface area contributed by atoms with Crippen LogP contribution in [0.2, 0.25) is 0 Å². The zero-order valence-corrected chi connectivity index (χ0v) is 15.3. The average Bonchev–Trinajstić information content (AvgIpc) is 2.61. The third kappa shape index (κ3) is 6.19. The Morgan fingerprint density at radius 2 is 1.54 bits per heavy atom. The van der Waals surface area contributed by atoms with Crippen LogP contribution in [-0.4, -0.2) is 6.10 Å². The predicted molar refractivity (Wildman–Crippen MR) is 106 cm³/mol. The lowest BCUT2D eigenvalue weighted by Crippen LogP contribution is -2.16. The summed E-state index contributed by atoms with van der Waals surface area (Å²) in [5, 5.41) is 2.47. The summed E-state index contributed by atoms with van der Waals surface area (Å²) in [4.78, 5) is 0. The standard InChI is InChI=1S/C23H33O/c1-3-5-6-7-8-9-10-17-21(14-4-2)24-23-19-13-16-20-15-11-12-18-22(20)23/h11-13,15-16,18-19,21H,2-10,14,17H2,1H3. The molecule has 1 unspecified atom stereocenters. The molecule has 0 aromatic heterocycles. The van der Waals surface area contributed by atoms with Gasteiger partial charge in [-0.3, -0.25) is 0 Å². The van der Waals surface area contributed by atoms with Crippen LogP contribution in [-0.2, 0) is 0 Å². The molecule has 0 fully saturated rings. The van der Waals surface area contributed by atoms with Crippen molar-refractivity contribution < 1.29 is 4.74 Å². The van der Waals surface area contributed by atoms with Gasteiger partial charge >= 0.3 is 0 Å². The Labute approximate surface area is 148 Å². The lowest BCUT2D eigenvalue weighted by atomic mass is 10.0. The van der Waals surface area contributed by atoms with Crippen molar-refractivity contribution in [3.63, 3.8) is 0 Å². The van der Waals surface area contributed by atoms with Crippen LogP contribution < -0.4 is 4.74 Å². The van der Waals surface area contributed by atoms with Crippen molar-refractivity contribution in [3.05, 3.63) is 49.4 Å². The van der Waals surface area contributed by atoms with Crippen LogP contribution in [0, 0.1) is 6.92 Å². The highest BCUT2D eigenvalue weighted by Gasteiger charge is 2.11. The van der Waals surface area contributed by atoms with E-state index in [4.69, 9.17) is 4.74 Å². The van der Waals surface area contributed by atoms with Crippen molar-refractivity contribution in [2.24, 2.45) is 0 Å². The topological polar surface area (TPSA) is 9.23 Å². The summed E-state index contributed by atoms with van der Waals surface area (Å²) in [7, 11) is 0. The van der Waals surface area contributed by atoms with Gasteiger partial charge in [0.25, 0.3) is 0 Å². The highest BCUT2D eigenvalue weighted by atomic mass is 16.5. The number of fused-ring (bicyclic) bond motifs is 1. The molecule has 0 aliphatic heterocycles. The molecule has 0 spiro atoms. The first-order chi connectivity index (χ1) is 11.8. The molecule has 0 N–H and O–H groups in total. The van der Waals surface area contributed by atoms with Crippen molar-refractivity contribution in [2.75, 3.05) is 0 Å². The Bertz CT molecular complexity index is 570. The lowest BCUT2D eigenvalue weighted by molar-refractivity contribution is 0.180. The molecule has 1 nitrogen and oxygen atoms in total. The van der Waals surface area contributed by atoms with Crippen molar-refractivity contribution in [1.29, 1.82) is 0 Å².